The third-order valence-electron chi connectivity index (χ3n) is 3.11. The fourth-order valence-electron chi connectivity index (χ4n) is 1.90. The number of halogens is 2. The lowest BCUT2D eigenvalue weighted by atomic mass is 10.2. The maximum atomic E-state index is 6.15. The molecule has 0 atom stereocenters. The molecule has 118 valence electrons. The molecule has 0 N–H and O–H groups in total. The van der Waals surface area contributed by atoms with Crippen molar-refractivity contribution in [2.75, 3.05) is 7.11 Å². The maximum absolute atomic E-state index is 6.15. The van der Waals surface area contributed by atoms with Crippen molar-refractivity contribution in [2.24, 2.45) is 0 Å². The summed E-state index contributed by atoms with van der Waals surface area (Å²) in [5.41, 5.74) is 1.81. The predicted octanol–water partition coefficient (Wildman–Crippen LogP) is 5.34. The molecule has 23 heavy (non-hydrogen) atoms. The SMILES string of the molecule is COc1ccc(-c2nnc(SCc3ccc(Cl)cc3Cl)o2)cc1. The Morgan fingerprint density at radius 3 is 2.57 bits per heavy atom. The van der Waals surface area contributed by atoms with E-state index in [1.807, 2.05) is 30.3 Å². The van der Waals surface area contributed by atoms with Gasteiger partial charge in [0.1, 0.15) is 5.75 Å². The molecule has 0 fully saturated rings. The third kappa shape index (κ3) is 3.99. The Morgan fingerprint density at radius 2 is 1.87 bits per heavy atom. The highest BCUT2D eigenvalue weighted by atomic mass is 35.5. The number of nitrogens with zero attached hydrogens (tertiary/aromatic N) is 2. The molecule has 1 aromatic heterocycles. The lowest BCUT2D eigenvalue weighted by Gasteiger charge is -2.02. The van der Waals surface area contributed by atoms with Crippen LogP contribution in [0.2, 0.25) is 10.0 Å². The molecule has 3 rings (SSSR count). The van der Waals surface area contributed by atoms with E-state index < -0.39 is 0 Å². The molecule has 0 spiro atoms. The summed E-state index contributed by atoms with van der Waals surface area (Å²) in [6, 6.07) is 12.8. The largest absolute Gasteiger partial charge is 0.497 e. The summed E-state index contributed by atoms with van der Waals surface area (Å²) < 4.78 is 10.8. The summed E-state index contributed by atoms with van der Waals surface area (Å²) in [5.74, 6) is 1.87. The highest BCUT2D eigenvalue weighted by Crippen LogP contribution is 2.30. The van der Waals surface area contributed by atoms with Crippen LogP contribution in [0.5, 0.6) is 5.75 Å². The van der Waals surface area contributed by atoms with E-state index in [1.165, 1.54) is 11.8 Å². The minimum atomic E-state index is 0.470. The van der Waals surface area contributed by atoms with E-state index in [1.54, 1.807) is 19.2 Å². The molecule has 0 aliphatic rings. The van der Waals surface area contributed by atoms with Crippen molar-refractivity contribution in [2.45, 2.75) is 11.0 Å². The van der Waals surface area contributed by atoms with Crippen LogP contribution in [0.3, 0.4) is 0 Å². The van der Waals surface area contributed by atoms with Crippen LogP contribution in [0.25, 0.3) is 11.5 Å². The number of methoxy groups -OCH3 is 1. The van der Waals surface area contributed by atoms with Crippen molar-refractivity contribution in [3.05, 3.63) is 58.1 Å². The lowest BCUT2D eigenvalue weighted by molar-refractivity contribution is 0.414. The van der Waals surface area contributed by atoms with E-state index in [-0.39, 0.29) is 0 Å². The molecule has 4 nitrogen and oxygen atoms in total. The minimum Gasteiger partial charge on any atom is -0.497 e. The molecule has 0 aliphatic carbocycles. The fourth-order valence-corrected chi connectivity index (χ4v) is 3.22. The molecule has 0 saturated heterocycles. The maximum Gasteiger partial charge on any atom is 0.277 e. The van der Waals surface area contributed by atoms with Crippen LogP contribution in [0.1, 0.15) is 5.56 Å². The monoisotopic (exact) mass is 366 g/mol. The standard InChI is InChI=1S/C16H12Cl2N2O2S/c1-21-13-6-3-10(4-7-13)15-19-20-16(22-15)23-9-11-2-5-12(17)8-14(11)18/h2-8H,9H2,1H3. The number of ether oxygens (including phenoxy) is 1. The molecular formula is C16H12Cl2N2O2S. The fraction of sp³-hybridized carbons (Fsp3) is 0.125. The first-order valence-corrected chi connectivity index (χ1v) is 8.44. The summed E-state index contributed by atoms with van der Waals surface area (Å²) in [4.78, 5) is 0. The second-order valence-corrected chi connectivity index (χ2v) is 6.40. The Morgan fingerprint density at radius 1 is 1.09 bits per heavy atom. The Balaban J connectivity index is 1.69. The Hall–Kier alpha value is -1.69. The quantitative estimate of drug-likeness (QED) is 0.570. The summed E-state index contributed by atoms with van der Waals surface area (Å²) >= 11 is 13.5. The Kier molecular flexibility index (Phi) is 5.10. The number of thioether (sulfide) groups is 1. The van der Waals surface area contributed by atoms with Crippen molar-refractivity contribution in [3.8, 4) is 17.2 Å². The zero-order chi connectivity index (χ0) is 16.2. The van der Waals surface area contributed by atoms with E-state index >= 15 is 0 Å². The minimum absolute atomic E-state index is 0.470. The molecule has 2 aromatic carbocycles. The van der Waals surface area contributed by atoms with Gasteiger partial charge in [0.2, 0.25) is 5.89 Å². The summed E-state index contributed by atoms with van der Waals surface area (Å²) in [6.07, 6.45) is 0. The van der Waals surface area contributed by atoms with Crippen molar-refractivity contribution >= 4 is 35.0 Å². The second-order valence-electron chi connectivity index (χ2n) is 4.63. The highest BCUT2D eigenvalue weighted by Gasteiger charge is 2.10. The van der Waals surface area contributed by atoms with Crippen LogP contribution >= 0.6 is 35.0 Å². The van der Waals surface area contributed by atoms with Crippen molar-refractivity contribution in [1.82, 2.24) is 10.2 Å². The van der Waals surface area contributed by atoms with E-state index in [0.717, 1.165) is 16.9 Å². The van der Waals surface area contributed by atoms with Crippen molar-refractivity contribution in [3.63, 3.8) is 0 Å². The number of hydrogen-bond acceptors (Lipinski definition) is 5. The van der Waals surface area contributed by atoms with Crippen LogP contribution in [0.4, 0.5) is 0 Å². The van der Waals surface area contributed by atoms with Crippen molar-refractivity contribution < 1.29 is 9.15 Å². The molecule has 0 unspecified atom stereocenters. The van der Waals surface area contributed by atoms with E-state index in [0.29, 0.717) is 26.9 Å². The van der Waals surface area contributed by atoms with Gasteiger partial charge in [-0.3, -0.25) is 0 Å². The summed E-state index contributed by atoms with van der Waals surface area (Å²) in [7, 11) is 1.62. The van der Waals surface area contributed by atoms with Gasteiger partial charge in [0.15, 0.2) is 0 Å². The normalized spacial score (nSPS) is 10.7. The van der Waals surface area contributed by atoms with Gasteiger partial charge in [-0.05, 0) is 42.0 Å². The summed E-state index contributed by atoms with van der Waals surface area (Å²) in [6.45, 7) is 0. The van der Waals surface area contributed by atoms with E-state index in [2.05, 4.69) is 10.2 Å². The van der Waals surface area contributed by atoms with Gasteiger partial charge in [-0.1, -0.05) is 41.0 Å². The van der Waals surface area contributed by atoms with Gasteiger partial charge in [-0.2, -0.15) is 0 Å². The molecule has 0 radical (unpaired) electrons. The molecule has 0 aliphatic heterocycles. The third-order valence-corrected chi connectivity index (χ3v) is 4.56. The van der Waals surface area contributed by atoms with E-state index in [9.17, 15) is 0 Å². The zero-order valence-corrected chi connectivity index (χ0v) is 14.5. The van der Waals surface area contributed by atoms with Gasteiger partial charge < -0.3 is 9.15 Å². The topological polar surface area (TPSA) is 48.2 Å². The number of hydrogen-bond donors (Lipinski definition) is 0. The van der Waals surface area contributed by atoms with Crippen LogP contribution in [0, 0.1) is 0 Å². The first kappa shape index (κ1) is 16.2. The van der Waals surface area contributed by atoms with Gasteiger partial charge in [0, 0.05) is 21.4 Å². The molecule has 0 bridgehead atoms. The van der Waals surface area contributed by atoms with Crippen LogP contribution < -0.4 is 4.74 Å². The summed E-state index contributed by atoms with van der Waals surface area (Å²) in [5, 5.41) is 9.83. The average molecular weight is 367 g/mol. The predicted molar refractivity (Wildman–Crippen MR) is 92.3 cm³/mol. The number of rotatable bonds is 5. The van der Waals surface area contributed by atoms with Gasteiger partial charge >= 0.3 is 0 Å². The molecule has 0 saturated carbocycles. The van der Waals surface area contributed by atoms with E-state index in [4.69, 9.17) is 32.4 Å². The first-order chi connectivity index (χ1) is 11.2. The average Bonchev–Trinajstić information content (AvgIpc) is 3.03. The Bertz CT molecular complexity index is 806. The van der Waals surface area contributed by atoms with Crippen LogP contribution in [-0.2, 0) is 5.75 Å². The number of aromatic nitrogens is 2. The van der Waals surface area contributed by atoms with Gasteiger partial charge in [-0.25, -0.2) is 0 Å². The lowest BCUT2D eigenvalue weighted by Crippen LogP contribution is -1.82. The molecular weight excluding hydrogens is 355 g/mol. The second kappa shape index (κ2) is 7.25. The highest BCUT2D eigenvalue weighted by molar-refractivity contribution is 7.98. The molecule has 0 amide bonds. The van der Waals surface area contributed by atoms with Gasteiger partial charge in [0.25, 0.3) is 5.22 Å². The van der Waals surface area contributed by atoms with Crippen LogP contribution in [0.15, 0.2) is 52.1 Å². The molecule has 3 aromatic rings. The van der Waals surface area contributed by atoms with Crippen LogP contribution in [-0.4, -0.2) is 17.3 Å². The first-order valence-electron chi connectivity index (χ1n) is 6.70. The molecule has 1 heterocycles. The smallest absolute Gasteiger partial charge is 0.277 e. The molecule has 7 heteroatoms. The van der Waals surface area contributed by atoms with Crippen molar-refractivity contribution in [1.29, 1.82) is 0 Å². The van der Waals surface area contributed by atoms with Gasteiger partial charge in [-0.15, -0.1) is 10.2 Å². The zero-order valence-electron chi connectivity index (χ0n) is 12.1. The number of benzene rings is 2. The Labute approximate surface area is 147 Å². The van der Waals surface area contributed by atoms with Gasteiger partial charge in [0.05, 0.1) is 7.11 Å².